The number of esters is 1. The third kappa shape index (κ3) is 3.04. The standard InChI is InChI=1S/C14H26N2O2/c1-10-7-16(8-11(10)2)9-14(3,13(17)18-4)15-12-5-6-12/h10-12,15H,5-9H2,1-4H3. The molecule has 1 aliphatic heterocycles. The minimum atomic E-state index is -0.556. The molecule has 0 aromatic carbocycles. The second-order valence-corrected chi connectivity index (χ2v) is 6.39. The molecule has 1 saturated carbocycles. The lowest BCUT2D eigenvalue weighted by Gasteiger charge is -2.32. The number of carbonyl (C=O) groups is 1. The smallest absolute Gasteiger partial charge is 0.327 e. The van der Waals surface area contributed by atoms with Gasteiger partial charge >= 0.3 is 5.97 Å². The summed E-state index contributed by atoms with van der Waals surface area (Å²) in [4.78, 5) is 14.4. The number of hydrogen-bond donors (Lipinski definition) is 1. The van der Waals surface area contributed by atoms with Gasteiger partial charge in [0.2, 0.25) is 0 Å². The van der Waals surface area contributed by atoms with Crippen LogP contribution in [-0.4, -0.2) is 49.2 Å². The topological polar surface area (TPSA) is 41.6 Å². The number of ether oxygens (including phenoxy) is 1. The quantitative estimate of drug-likeness (QED) is 0.750. The number of nitrogens with zero attached hydrogens (tertiary/aromatic N) is 1. The van der Waals surface area contributed by atoms with Crippen molar-refractivity contribution in [2.24, 2.45) is 11.8 Å². The molecule has 1 aliphatic carbocycles. The summed E-state index contributed by atoms with van der Waals surface area (Å²) < 4.78 is 4.98. The maximum Gasteiger partial charge on any atom is 0.327 e. The molecule has 0 spiro atoms. The monoisotopic (exact) mass is 254 g/mol. The molecule has 0 aromatic heterocycles. The molecule has 2 fully saturated rings. The lowest BCUT2D eigenvalue weighted by atomic mass is 10.0. The van der Waals surface area contributed by atoms with Gasteiger partial charge < -0.3 is 9.64 Å². The van der Waals surface area contributed by atoms with Gasteiger partial charge in [0.15, 0.2) is 0 Å². The number of methoxy groups -OCH3 is 1. The Morgan fingerprint density at radius 1 is 1.33 bits per heavy atom. The molecule has 2 rings (SSSR count). The van der Waals surface area contributed by atoms with E-state index >= 15 is 0 Å². The van der Waals surface area contributed by atoms with Crippen LogP contribution in [0.1, 0.15) is 33.6 Å². The van der Waals surface area contributed by atoms with Gasteiger partial charge in [-0.3, -0.25) is 10.1 Å². The van der Waals surface area contributed by atoms with Crippen molar-refractivity contribution in [3.63, 3.8) is 0 Å². The van der Waals surface area contributed by atoms with Gasteiger partial charge in [-0.2, -0.15) is 0 Å². The van der Waals surface area contributed by atoms with Crippen molar-refractivity contribution in [2.45, 2.75) is 45.2 Å². The highest BCUT2D eigenvalue weighted by Crippen LogP contribution is 2.27. The fraction of sp³-hybridized carbons (Fsp3) is 0.929. The van der Waals surface area contributed by atoms with E-state index in [1.807, 2.05) is 6.92 Å². The number of likely N-dealkylation sites (tertiary alicyclic amines) is 1. The van der Waals surface area contributed by atoms with Crippen LogP contribution in [0.15, 0.2) is 0 Å². The molecular weight excluding hydrogens is 228 g/mol. The molecular formula is C14H26N2O2. The maximum atomic E-state index is 12.0. The SMILES string of the molecule is COC(=O)C(C)(CN1CC(C)C(C)C1)NC1CC1. The summed E-state index contributed by atoms with van der Waals surface area (Å²) in [5, 5.41) is 3.46. The minimum absolute atomic E-state index is 0.137. The summed E-state index contributed by atoms with van der Waals surface area (Å²) in [7, 11) is 1.48. The van der Waals surface area contributed by atoms with Crippen LogP contribution in [-0.2, 0) is 9.53 Å². The molecule has 0 aromatic rings. The van der Waals surface area contributed by atoms with Gasteiger partial charge in [0.1, 0.15) is 5.54 Å². The first-order valence-electron chi connectivity index (χ1n) is 7.03. The summed E-state index contributed by atoms with van der Waals surface area (Å²) in [6.07, 6.45) is 2.36. The fourth-order valence-electron chi connectivity index (χ4n) is 2.90. The van der Waals surface area contributed by atoms with E-state index in [0.29, 0.717) is 17.9 Å². The Balaban J connectivity index is 1.98. The van der Waals surface area contributed by atoms with Crippen molar-refractivity contribution < 1.29 is 9.53 Å². The van der Waals surface area contributed by atoms with Gasteiger partial charge in [-0.1, -0.05) is 13.8 Å². The van der Waals surface area contributed by atoms with Crippen molar-refractivity contribution >= 4 is 5.97 Å². The van der Waals surface area contributed by atoms with Gasteiger partial charge in [-0.15, -0.1) is 0 Å². The maximum absolute atomic E-state index is 12.0. The lowest BCUT2D eigenvalue weighted by molar-refractivity contribution is -0.148. The first-order chi connectivity index (χ1) is 8.44. The lowest BCUT2D eigenvalue weighted by Crippen LogP contribution is -2.57. The van der Waals surface area contributed by atoms with Gasteiger partial charge in [-0.05, 0) is 31.6 Å². The average molecular weight is 254 g/mol. The van der Waals surface area contributed by atoms with Crippen molar-refractivity contribution in [3.05, 3.63) is 0 Å². The van der Waals surface area contributed by atoms with Crippen LogP contribution in [0.3, 0.4) is 0 Å². The van der Waals surface area contributed by atoms with E-state index in [4.69, 9.17) is 4.74 Å². The summed E-state index contributed by atoms with van der Waals surface area (Å²) in [6, 6.07) is 0.506. The van der Waals surface area contributed by atoms with Crippen LogP contribution >= 0.6 is 0 Å². The normalized spacial score (nSPS) is 32.2. The Bertz CT molecular complexity index is 307. The number of carbonyl (C=O) groups excluding carboxylic acids is 1. The Morgan fingerprint density at radius 2 is 1.89 bits per heavy atom. The number of nitrogens with one attached hydrogen (secondary N) is 1. The van der Waals surface area contributed by atoms with Crippen molar-refractivity contribution in [1.82, 2.24) is 10.2 Å². The third-order valence-electron chi connectivity index (χ3n) is 4.34. The van der Waals surface area contributed by atoms with Crippen molar-refractivity contribution in [2.75, 3.05) is 26.7 Å². The van der Waals surface area contributed by atoms with Crippen LogP contribution in [0.4, 0.5) is 0 Å². The second kappa shape index (κ2) is 5.17. The van der Waals surface area contributed by atoms with E-state index in [1.54, 1.807) is 0 Å². The molecule has 3 unspecified atom stereocenters. The first-order valence-corrected chi connectivity index (χ1v) is 7.03. The van der Waals surface area contributed by atoms with E-state index in [1.165, 1.54) is 20.0 Å². The van der Waals surface area contributed by atoms with Crippen LogP contribution in [0, 0.1) is 11.8 Å². The van der Waals surface area contributed by atoms with E-state index in [0.717, 1.165) is 19.6 Å². The third-order valence-corrected chi connectivity index (χ3v) is 4.34. The van der Waals surface area contributed by atoms with Crippen molar-refractivity contribution in [1.29, 1.82) is 0 Å². The predicted molar refractivity (Wildman–Crippen MR) is 71.3 cm³/mol. The summed E-state index contributed by atoms with van der Waals surface area (Å²) in [6.45, 7) is 9.47. The zero-order chi connectivity index (χ0) is 13.3. The van der Waals surface area contributed by atoms with Crippen LogP contribution < -0.4 is 5.32 Å². The van der Waals surface area contributed by atoms with E-state index in [9.17, 15) is 4.79 Å². The largest absolute Gasteiger partial charge is 0.468 e. The van der Waals surface area contributed by atoms with Gasteiger partial charge in [-0.25, -0.2) is 0 Å². The molecule has 104 valence electrons. The summed E-state index contributed by atoms with van der Waals surface area (Å²) in [5.74, 6) is 1.29. The Morgan fingerprint density at radius 3 is 2.33 bits per heavy atom. The summed E-state index contributed by atoms with van der Waals surface area (Å²) in [5.41, 5.74) is -0.556. The molecule has 18 heavy (non-hydrogen) atoms. The average Bonchev–Trinajstić information content (AvgIpc) is 3.05. The molecule has 1 N–H and O–H groups in total. The Labute approximate surface area is 110 Å². The molecule has 1 saturated heterocycles. The molecule has 0 bridgehead atoms. The highest BCUT2D eigenvalue weighted by molar-refractivity contribution is 5.80. The number of rotatable bonds is 5. The number of hydrogen-bond acceptors (Lipinski definition) is 4. The molecule has 2 aliphatic rings. The van der Waals surface area contributed by atoms with E-state index in [-0.39, 0.29) is 5.97 Å². The highest BCUT2D eigenvalue weighted by Gasteiger charge is 2.42. The zero-order valence-electron chi connectivity index (χ0n) is 12.0. The van der Waals surface area contributed by atoms with Gasteiger partial charge in [0, 0.05) is 25.7 Å². The molecule has 3 atom stereocenters. The highest BCUT2D eigenvalue weighted by atomic mass is 16.5. The van der Waals surface area contributed by atoms with E-state index < -0.39 is 5.54 Å². The van der Waals surface area contributed by atoms with Crippen LogP contribution in [0.2, 0.25) is 0 Å². The Hall–Kier alpha value is -0.610. The molecule has 0 radical (unpaired) electrons. The van der Waals surface area contributed by atoms with Gasteiger partial charge in [0.25, 0.3) is 0 Å². The van der Waals surface area contributed by atoms with Crippen molar-refractivity contribution in [3.8, 4) is 0 Å². The zero-order valence-corrected chi connectivity index (χ0v) is 12.0. The first kappa shape index (κ1) is 13.8. The Kier molecular flexibility index (Phi) is 3.97. The fourth-order valence-corrected chi connectivity index (χ4v) is 2.90. The predicted octanol–water partition coefficient (Wildman–Crippen LogP) is 1.26. The molecule has 0 amide bonds. The van der Waals surface area contributed by atoms with Gasteiger partial charge in [0.05, 0.1) is 7.11 Å². The molecule has 1 heterocycles. The van der Waals surface area contributed by atoms with Crippen LogP contribution in [0.5, 0.6) is 0 Å². The van der Waals surface area contributed by atoms with E-state index in [2.05, 4.69) is 24.1 Å². The molecule has 4 nitrogen and oxygen atoms in total. The molecule has 4 heteroatoms. The van der Waals surface area contributed by atoms with Crippen LogP contribution in [0.25, 0.3) is 0 Å². The second-order valence-electron chi connectivity index (χ2n) is 6.39. The minimum Gasteiger partial charge on any atom is -0.468 e. The summed E-state index contributed by atoms with van der Waals surface area (Å²) >= 11 is 0.